The van der Waals surface area contributed by atoms with Crippen LogP contribution in [0.25, 0.3) is 0 Å². The summed E-state index contributed by atoms with van der Waals surface area (Å²) in [4.78, 5) is 38.3. The van der Waals surface area contributed by atoms with Crippen LogP contribution in [0.2, 0.25) is 0 Å². The summed E-state index contributed by atoms with van der Waals surface area (Å²) in [5.41, 5.74) is 3.41. The van der Waals surface area contributed by atoms with Crippen LogP contribution in [0.5, 0.6) is 0 Å². The largest absolute Gasteiger partial charge is 0.465 e. The molecule has 0 radical (unpaired) electrons. The van der Waals surface area contributed by atoms with E-state index in [0.29, 0.717) is 45.2 Å². The van der Waals surface area contributed by atoms with Crippen LogP contribution in [0.15, 0.2) is 42.5 Å². The first-order valence-corrected chi connectivity index (χ1v) is 17.1. The highest BCUT2D eigenvalue weighted by Crippen LogP contribution is 2.36. The lowest BCUT2D eigenvalue weighted by Gasteiger charge is -2.40. The molecule has 0 unspecified atom stereocenters. The van der Waals surface area contributed by atoms with Gasteiger partial charge in [-0.05, 0) is 86.9 Å². The number of carbonyl (C=O) groups excluding carboxylic acids is 2. The normalized spacial score (nSPS) is 24.0. The van der Waals surface area contributed by atoms with Gasteiger partial charge in [0.25, 0.3) is 0 Å². The first-order valence-electron chi connectivity index (χ1n) is 15.8. The number of hydrogen-bond acceptors (Lipinski definition) is 8. The van der Waals surface area contributed by atoms with Crippen molar-refractivity contribution in [3.05, 3.63) is 70.3 Å². The Hall–Kier alpha value is -3.16. The van der Waals surface area contributed by atoms with E-state index in [4.69, 9.17) is 9.84 Å². The molecular formula is C34H47N3O8S. The molecule has 12 heteroatoms. The monoisotopic (exact) mass is 657 g/mol. The third-order valence-corrected chi connectivity index (χ3v) is 9.74. The molecule has 2 aliphatic rings. The van der Waals surface area contributed by atoms with Gasteiger partial charge in [-0.25, -0.2) is 4.79 Å². The Balaban J connectivity index is 1.26. The minimum Gasteiger partial charge on any atom is -0.465 e. The second-order valence-corrected chi connectivity index (χ2v) is 13.8. The van der Waals surface area contributed by atoms with Gasteiger partial charge < -0.3 is 40.7 Å². The van der Waals surface area contributed by atoms with Crippen LogP contribution >= 0.6 is 11.8 Å². The zero-order valence-electron chi connectivity index (χ0n) is 26.9. The molecule has 2 saturated heterocycles. The van der Waals surface area contributed by atoms with E-state index in [1.54, 1.807) is 25.0 Å². The number of piperidine rings is 1. The van der Waals surface area contributed by atoms with E-state index in [0.717, 1.165) is 27.8 Å². The number of ether oxygens (including phenoxy) is 1. The number of aliphatic hydroxyl groups is 3. The number of aryl methyl sites for hydroxylation is 2. The fraction of sp³-hybridized carbons (Fsp3) is 0.559. The van der Waals surface area contributed by atoms with Crippen molar-refractivity contribution in [2.45, 2.75) is 101 Å². The van der Waals surface area contributed by atoms with Crippen LogP contribution in [-0.4, -0.2) is 97.9 Å². The van der Waals surface area contributed by atoms with E-state index < -0.39 is 41.5 Å². The molecule has 2 fully saturated rings. The van der Waals surface area contributed by atoms with Gasteiger partial charge in [0.05, 0.1) is 0 Å². The summed E-state index contributed by atoms with van der Waals surface area (Å²) in [6, 6.07) is 13.9. The number of benzene rings is 2. The zero-order valence-corrected chi connectivity index (χ0v) is 27.8. The van der Waals surface area contributed by atoms with Gasteiger partial charge in [0.2, 0.25) is 11.8 Å². The SMILES string of the molecule is CS[C@H]1O[C@@H](c2ccc(C)c(Cc3ccc(CCCC(=O)NC(C)(C)C(=O)N4CCC(NC(=O)O)CC4)cc3)c2)[C@H](O)[C@@H](O)[C@@H]1O. The molecule has 2 aromatic carbocycles. The lowest BCUT2D eigenvalue weighted by atomic mass is 9.91. The quantitative estimate of drug-likeness (QED) is 0.213. The van der Waals surface area contributed by atoms with Gasteiger partial charge >= 0.3 is 6.09 Å². The molecular weight excluding hydrogens is 610 g/mol. The van der Waals surface area contributed by atoms with Crippen molar-refractivity contribution in [3.8, 4) is 0 Å². The summed E-state index contributed by atoms with van der Waals surface area (Å²) >= 11 is 1.29. The predicted octanol–water partition coefficient (Wildman–Crippen LogP) is 2.91. The summed E-state index contributed by atoms with van der Waals surface area (Å²) in [6.45, 7) is 6.30. The number of carboxylic acid groups (broad SMARTS) is 1. The number of rotatable bonds is 11. The summed E-state index contributed by atoms with van der Waals surface area (Å²) < 4.78 is 5.95. The van der Waals surface area contributed by atoms with Crippen molar-refractivity contribution in [2.75, 3.05) is 19.3 Å². The Labute approximate surface area is 274 Å². The van der Waals surface area contributed by atoms with Crippen LogP contribution in [0.3, 0.4) is 0 Å². The second kappa shape index (κ2) is 15.6. The molecule has 5 atom stereocenters. The Morgan fingerprint density at radius 3 is 2.26 bits per heavy atom. The predicted molar refractivity (Wildman–Crippen MR) is 175 cm³/mol. The molecule has 252 valence electrons. The molecule has 4 rings (SSSR count). The summed E-state index contributed by atoms with van der Waals surface area (Å²) in [7, 11) is 0. The lowest BCUT2D eigenvalue weighted by Crippen LogP contribution is -2.58. The van der Waals surface area contributed by atoms with Crippen LogP contribution < -0.4 is 10.6 Å². The van der Waals surface area contributed by atoms with Crippen molar-refractivity contribution in [1.29, 1.82) is 0 Å². The smallest absolute Gasteiger partial charge is 0.404 e. The highest BCUT2D eigenvalue weighted by Gasteiger charge is 2.44. The van der Waals surface area contributed by atoms with Gasteiger partial charge in [-0.3, -0.25) is 9.59 Å². The highest BCUT2D eigenvalue weighted by molar-refractivity contribution is 7.99. The average molecular weight is 658 g/mol. The third kappa shape index (κ3) is 9.01. The number of nitrogens with zero attached hydrogens (tertiary/aromatic N) is 1. The maximum Gasteiger partial charge on any atom is 0.404 e. The number of likely N-dealkylation sites (tertiary alicyclic amines) is 1. The average Bonchev–Trinajstić information content (AvgIpc) is 3.01. The maximum atomic E-state index is 13.1. The molecule has 6 N–H and O–H groups in total. The number of carbonyl (C=O) groups is 3. The number of aliphatic hydroxyl groups excluding tert-OH is 3. The van der Waals surface area contributed by atoms with E-state index in [-0.39, 0.29) is 24.3 Å². The summed E-state index contributed by atoms with van der Waals surface area (Å²) in [5.74, 6) is -0.361. The van der Waals surface area contributed by atoms with Crippen molar-refractivity contribution in [2.24, 2.45) is 0 Å². The van der Waals surface area contributed by atoms with Crippen molar-refractivity contribution >= 4 is 29.7 Å². The maximum absolute atomic E-state index is 13.1. The molecule has 2 heterocycles. The minimum absolute atomic E-state index is 0.166. The Kier molecular flexibility index (Phi) is 12.1. The van der Waals surface area contributed by atoms with Gasteiger partial charge in [0, 0.05) is 25.6 Å². The van der Waals surface area contributed by atoms with E-state index in [9.17, 15) is 29.7 Å². The van der Waals surface area contributed by atoms with E-state index in [2.05, 4.69) is 34.9 Å². The molecule has 11 nitrogen and oxygen atoms in total. The minimum atomic E-state index is -1.30. The fourth-order valence-electron chi connectivity index (χ4n) is 6.14. The molecule has 0 saturated carbocycles. The van der Waals surface area contributed by atoms with Crippen LogP contribution in [0.1, 0.15) is 73.5 Å². The van der Waals surface area contributed by atoms with Crippen LogP contribution in [0.4, 0.5) is 4.79 Å². The molecule has 3 amide bonds. The van der Waals surface area contributed by atoms with Gasteiger partial charge in [-0.15, -0.1) is 11.8 Å². The van der Waals surface area contributed by atoms with Crippen LogP contribution in [0, 0.1) is 6.92 Å². The van der Waals surface area contributed by atoms with E-state index >= 15 is 0 Å². The first-order chi connectivity index (χ1) is 21.8. The van der Waals surface area contributed by atoms with Gasteiger partial charge in [-0.2, -0.15) is 0 Å². The number of amides is 3. The Morgan fingerprint density at radius 2 is 1.63 bits per heavy atom. The number of hydrogen-bond donors (Lipinski definition) is 6. The summed E-state index contributed by atoms with van der Waals surface area (Å²) in [6.07, 6.45) is -0.354. The highest BCUT2D eigenvalue weighted by atomic mass is 32.2. The Bertz CT molecular complexity index is 1360. The van der Waals surface area contributed by atoms with Gasteiger partial charge in [-0.1, -0.05) is 42.5 Å². The van der Waals surface area contributed by atoms with Crippen molar-refractivity contribution in [3.63, 3.8) is 0 Å². The molecule has 46 heavy (non-hydrogen) atoms. The molecule has 2 aliphatic heterocycles. The molecule has 0 aromatic heterocycles. The molecule has 2 aromatic rings. The van der Waals surface area contributed by atoms with Crippen molar-refractivity contribution < 1.29 is 39.5 Å². The lowest BCUT2D eigenvalue weighted by molar-refractivity contribution is -0.200. The standard InChI is InChI=1S/C34H47N3O8S/c1-20-8-13-23(30-28(40)27(39)29(41)31(45-30)46-4)19-24(20)18-22-11-9-21(10-12-22)6-5-7-26(38)36-34(2,3)32(42)37-16-14-25(15-17-37)35-33(43)44/h8-13,19,25,27-31,35,39-41H,5-7,14-18H2,1-4H3,(H,36,38)(H,43,44)/t27-,28-,29+,30+,31-/m1/s1. The molecule has 0 bridgehead atoms. The Morgan fingerprint density at radius 1 is 0.978 bits per heavy atom. The summed E-state index contributed by atoms with van der Waals surface area (Å²) in [5, 5.41) is 45.4. The van der Waals surface area contributed by atoms with Crippen molar-refractivity contribution in [1.82, 2.24) is 15.5 Å². The topological polar surface area (TPSA) is 169 Å². The number of thioether (sulfide) groups is 1. The first kappa shape index (κ1) is 35.7. The molecule has 0 aliphatic carbocycles. The van der Waals surface area contributed by atoms with E-state index in [1.165, 1.54) is 11.8 Å². The fourth-order valence-corrected chi connectivity index (χ4v) is 6.81. The second-order valence-electron chi connectivity index (χ2n) is 12.9. The third-order valence-electron chi connectivity index (χ3n) is 8.89. The zero-order chi connectivity index (χ0) is 33.6. The van der Waals surface area contributed by atoms with E-state index in [1.807, 2.05) is 25.1 Å². The van der Waals surface area contributed by atoms with Gasteiger partial charge in [0.15, 0.2) is 0 Å². The van der Waals surface area contributed by atoms with Crippen LogP contribution in [-0.2, 0) is 27.2 Å². The van der Waals surface area contributed by atoms with Gasteiger partial charge in [0.1, 0.15) is 35.4 Å². The molecule has 0 spiro atoms. The number of nitrogens with one attached hydrogen (secondary N) is 2.